The van der Waals surface area contributed by atoms with Crippen LogP contribution in [0.3, 0.4) is 0 Å². The normalized spacial score (nSPS) is 27.4. The fourth-order valence-corrected chi connectivity index (χ4v) is 1.81. The summed E-state index contributed by atoms with van der Waals surface area (Å²) < 4.78 is 5.43. The minimum absolute atomic E-state index is 0.0250. The van der Waals surface area contributed by atoms with Gasteiger partial charge in [-0.05, 0) is 20.4 Å². The van der Waals surface area contributed by atoms with Gasteiger partial charge in [0.25, 0.3) is 0 Å². The summed E-state index contributed by atoms with van der Waals surface area (Å²) in [6.45, 7) is 9.01. The van der Waals surface area contributed by atoms with Crippen molar-refractivity contribution in [1.82, 2.24) is 16.0 Å². The van der Waals surface area contributed by atoms with E-state index < -0.39 is 0 Å². The molecule has 0 aromatic rings. The molecule has 3 atom stereocenters. The van der Waals surface area contributed by atoms with Crippen LogP contribution in [0.4, 0.5) is 0 Å². The molecule has 0 unspecified atom stereocenters. The minimum Gasteiger partial charge on any atom is -0.375 e. The number of likely N-dealkylation sites (N-methyl/N-ethyl adjacent to an activating group) is 1. The summed E-state index contributed by atoms with van der Waals surface area (Å²) >= 11 is 0. The summed E-state index contributed by atoms with van der Waals surface area (Å²) in [5.41, 5.74) is 0. The van der Waals surface area contributed by atoms with Crippen molar-refractivity contribution in [2.24, 2.45) is 0 Å². The highest BCUT2D eigenvalue weighted by Crippen LogP contribution is 2.03. The highest BCUT2D eigenvalue weighted by atomic mass is 16.5. The van der Waals surface area contributed by atoms with E-state index in [-0.39, 0.29) is 18.1 Å². The Bertz CT molecular complexity index is 223. The zero-order valence-corrected chi connectivity index (χ0v) is 10.4. The van der Waals surface area contributed by atoms with Gasteiger partial charge in [-0.3, -0.25) is 4.79 Å². The Kier molecular flexibility index (Phi) is 5.73. The van der Waals surface area contributed by atoms with Crippen molar-refractivity contribution < 1.29 is 9.53 Å². The van der Waals surface area contributed by atoms with E-state index in [1.165, 1.54) is 0 Å². The van der Waals surface area contributed by atoms with E-state index in [0.717, 1.165) is 13.1 Å². The molecule has 3 N–H and O–H groups in total. The number of hydrogen-bond donors (Lipinski definition) is 3. The molecule has 1 saturated heterocycles. The number of rotatable bonds is 5. The van der Waals surface area contributed by atoms with Crippen LogP contribution in [-0.4, -0.2) is 50.3 Å². The molecule has 0 bridgehead atoms. The van der Waals surface area contributed by atoms with Crippen LogP contribution in [0, 0.1) is 0 Å². The lowest BCUT2D eigenvalue weighted by Gasteiger charge is -2.29. The van der Waals surface area contributed by atoms with Crippen LogP contribution in [0.2, 0.25) is 0 Å². The third-order valence-electron chi connectivity index (χ3n) is 2.73. The summed E-state index contributed by atoms with van der Waals surface area (Å²) in [6, 6.07) is 0.0799. The molecular formula is C11H23N3O2. The first kappa shape index (κ1) is 13.4. The van der Waals surface area contributed by atoms with Gasteiger partial charge in [-0.15, -0.1) is 0 Å². The predicted molar refractivity (Wildman–Crippen MR) is 63.4 cm³/mol. The van der Waals surface area contributed by atoms with Crippen LogP contribution in [0.5, 0.6) is 0 Å². The Morgan fingerprint density at radius 3 is 3.00 bits per heavy atom. The van der Waals surface area contributed by atoms with Gasteiger partial charge in [0.05, 0.1) is 12.7 Å². The van der Waals surface area contributed by atoms with E-state index in [4.69, 9.17) is 4.74 Å². The summed E-state index contributed by atoms with van der Waals surface area (Å²) in [6.07, 6.45) is -0.0526. The molecular weight excluding hydrogens is 206 g/mol. The van der Waals surface area contributed by atoms with Crippen molar-refractivity contribution in [2.75, 3.05) is 26.2 Å². The summed E-state index contributed by atoms with van der Waals surface area (Å²) in [5, 5.41) is 9.34. The average molecular weight is 229 g/mol. The number of hydrogen-bond acceptors (Lipinski definition) is 4. The fourth-order valence-electron chi connectivity index (χ4n) is 1.81. The molecule has 0 radical (unpaired) electrons. The molecule has 0 saturated carbocycles. The molecule has 0 aromatic heterocycles. The molecule has 16 heavy (non-hydrogen) atoms. The van der Waals surface area contributed by atoms with Crippen molar-refractivity contribution in [3.63, 3.8) is 0 Å². The van der Waals surface area contributed by atoms with E-state index in [9.17, 15) is 4.79 Å². The second kappa shape index (κ2) is 6.83. The number of carbonyl (C=O) groups excluding carboxylic acids is 1. The third kappa shape index (κ3) is 4.08. The Labute approximate surface area is 97.3 Å². The second-order valence-corrected chi connectivity index (χ2v) is 4.21. The summed E-state index contributed by atoms with van der Waals surface area (Å²) in [5.74, 6) is 0.0250. The van der Waals surface area contributed by atoms with Crippen molar-refractivity contribution in [3.8, 4) is 0 Å². The maximum atomic E-state index is 11.8. The van der Waals surface area contributed by atoms with Gasteiger partial charge in [-0.25, -0.2) is 0 Å². The van der Waals surface area contributed by atoms with Gasteiger partial charge in [0.1, 0.15) is 6.04 Å². The van der Waals surface area contributed by atoms with Gasteiger partial charge in [0.2, 0.25) is 5.91 Å². The van der Waals surface area contributed by atoms with Crippen molar-refractivity contribution >= 4 is 5.91 Å². The Balaban J connectivity index is 2.28. The van der Waals surface area contributed by atoms with Gasteiger partial charge in [-0.2, -0.15) is 0 Å². The lowest BCUT2D eigenvalue weighted by atomic mass is 10.1. The lowest BCUT2D eigenvalue weighted by molar-refractivity contribution is -0.129. The maximum absolute atomic E-state index is 11.8. The van der Waals surface area contributed by atoms with Crippen LogP contribution < -0.4 is 16.0 Å². The van der Waals surface area contributed by atoms with Crippen molar-refractivity contribution in [3.05, 3.63) is 0 Å². The van der Waals surface area contributed by atoms with Crippen LogP contribution >= 0.6 is 0 Å². The van der Waals surface area contributed by atoms with E-state index in [0.29, 0.717) is 19.2 Å². The molecule has 1 fully saturated rings. The number of nitrogens with one attached hydrogen (secondary N) is 3. The van der Waals surface area contributed by atoms with Gasteiger partial charge in [0.15, 0.2) is 0 Å². The molecule has 0 aromatic carbocycles. The van der Waals surface area contributed by atoms with Crippen LogP contribution in [-0.2, 0) is 9.53 Å². The Morgan fingerprint density at radius 1 is 1.62 bits per heavy atom. The van der Waals surface area contributed by atoms with Gasteiger partial charge >= 0.3 is 0 Å². The molecule has 1 amide bonds. The number of carbonyl (C=O) groups is 1. The largest absolute Gasteiger partial charge is 0.375 e. The van der Waals surface area contributed by atoms with E-state index in [1.807, 2.05) is 6.92 Å². The molecule has 5 nitrogen and oxygen atoms in total. The zero-order chi connectivity index (χ0) is 12.0. The van der Waals surface area contributed by atoms with E-state index in [2.05, 4.69) is 29.8 Å². The quantitative estimate of drug-likeness (QED) is 0.593. The molecule has 5 heteroatoms. The molecule has 0 aliphatic carbocycles. The Hall–Kier alpha value is -0.650. The maximum Gasteiger partial charge on any atom is 0.239 e. The molecule has 1 rings (SSSR count). The molecule has 1 heterocycles. The lowest BCUT2D eigenvalue weighted by Crippen LogP contribution is -2.56. The highest BCUT2D eigenvalue weighted by molar-refractivity contribution is 5.82. The average Bonchev–Trinajstić information content (AvgIpc) is 2.27. The van der Waals surface area contributed by atoms with Gasteiger partial charge < -0.3 is 20.7 Å². The second-order valence-electron chi connectivity index (χ2n) is 4.21. The fraction of sp³-hybridized carbons (Fsp3) is 0.909. The summed E-state index contributed by atoms with van der Waals surface area (Å²) in [7, 11) is 0. The van der Waals surface area contributed by atoms with Crippen LogP contribution in [0.1, 0.15) is 20.8 Å². The van der Waals surface area contributed by atoms with Gasteiger partial charge in [0, 0.05) is 19.1 Å². The standard InChI is InChI=1S/C11H23N3O2/c1-4-12-8(2)7-14-11(15)10-9(3)16-6-5-13-10/h8-10,12-13H,4-7H2,1-3H3,(H,14,15)/t8-,9-,10+/m1/s1. The minimum atomic E-state index is -0.220. The first-order valence-corrected chi connectivity index (χ1v) is 6.01. The van der Waals surface area contributed by atoms with Gasteiger partial charge in [-0.1, -0.05) is 6.92 Å². The molecule has 0 spiro atoms. The topological polar surface area (TPSA) is 62.4 Å². The van der Waals surface area contributed by atoms with Crippen LogP contribution in [0.25, 0.3) is 0 Å². The molecule has 1 aliphatic rings. The zero-order valence-electron chi connectivity index (χ0n) is 10.4. The number of ether oxygens (including phenoxy) is 1. The first-order valence-electron chi connectivity index (χ1n) is 6.01. The smallest absolute Gasteiger partial charge is 0.239 e. The van der Waals surface area contributed by atoms with Crippen LogP contribution in [0.15, 0.2) is 0 Å². The highest BCUT2D eigenvalue weighted by Gasteiger charge is 2.27. The molecule has 1 aliphatic heterocycles. The van der Waals surface area contributed by atoms with Crippen molar-refractivity contribution in [1.29, 1.82) is 0 Å². The van der Waals surface area contributed by atoms with Crippen molar-refractivity contribution in [2.45, 2.75) is 39.0 Å². The Morgan fingerprint density at radius 2 is 2.38 bits per heavy atom. The monoisotopic (exact) mass is 229 g/mol. The number of amides is 1. The predicted octanol–water partition coefficient (Wildman–Crippen LogP) is -0.522. The summed E-state index contributed by atoms with van der Waals surface area (Å²) in [4.78, 5) is 11.8. The van der Waals surface area contributed by atoms with E-state index >= 15 is 0 Å². The molecule has 94 valence electrons. The first-order chi connectivity index (χ1) is 7.65. The SMILES string of the molecule is CCN[C@H](C)CNC(=O)[C@H]1NCCO[C@@H]1C. The third-order valence-corrected chi connectivity index (χ3v) is 2.73. The number of morpholine rings is 1. The van der Waals surface area contributed by atoms with E-state index in [1.54, 1.807) is 0 Å².